The zero-order valence-corrected chi connectivity index (χ0v) is 11.6. The van der Waals surface area contributed by atoms with Gasteiger partial charge in [0, 0.05) is 21.2 Å². The molecule has 0 fully saturated rings. The van der Waals surface area contributed by atoms with Gasteiger partial charge in [-0.2, -0.15) is 0 Å². The highest BCUT2D eigenvalue weighted by Gasteiger charge is 2.33. The maximum Gasteiger partial charge on any atom is 0.204 e. The molecule has 0 atom stereocenters. The van der Waals surface area contributed by atoms with Crippen LogP contribution in [-0.2, 0) is 0 Å². The molecule has 4 rings (SSSR count). The highest BCUT2D eigenvalue weighted by molar-refractivity contribution is 7.21. The van der Waals surface area contributed by atoms with Crippen molar-refractivity contribution in [1.29, 1.82) is 0 Å². The third-order valence-corrected chi connectivity index (χ3v) is 5.10. The lowest BCUT2D eigenvalue weighted by Gasteiger charge is -2.13. The van der Waals surface area contributed by atoms with Gasteiger partial charge in [-0.1, -0.05) is 42.5 Å². The first-order valence-corrected chi connectivity index (χ1v) is 7.20. The molecule has 0 N–H and O–H groups in total. The number of hydrogen-bond acceptors (Lipinski definition) is 3. The molecule has 96 valence electrons. The first-order valence-electron chi connectivity index (χ1n) is 6.39. The van der Waals surface area contributed by atoms with E-state index in [0.717, 1.165) is 15.6 Å². The van der Waals surface area contributed by atoms with Crippen LogP contribution in [-0.4, -0.2) is 11.6 Å². The standard InChI is InChI=1S/C17H10O2S/c1-9-5-4-8-12-13-14(18)10-6-2-3-7-11(10)15(19)17(13)20-16(9)12/h2-8H,1H3. The van der Waals surface area contributed by atoms with Crippen molar-refractivity contribution >= 4 is 33.0 Å². The summed E-state index contributed by atoms with van der Waals surface area (Å²) in [6.45, 7) is 2.01. The van der Waals surface area contributed by atoms with Gasteiger partial charge >= 0.3 is 0 Å². The van der Waals surface area contributed by atoms with Gasteiger partial charge in [-0.15, -0.1) is 11.3 Å². The van der Waals surface area contributed by atoms with Gasteiger partial charge in [0.1, 0.15) is 0 Å². The smallest absolute Gasteiger partial charge is 0.204 e. The maximum atomic E-state index is 12.7. The summed E-state index contributed by atoms with van der Waals surface area (Å²) in [4.78, 5) is 25.9. The number of hydrogen-bond donors (Lipinski definition) is 0. The summed E-state index contributed by atoms with van der Waals surface area (Å²) in [5.41, 5.74) is 2.73. The van der Waals surface area contributed by atoms with E-state index in [-0.39, 0.29) is 11.6 Å². The molecule has 20 heavy (non-hydrogen) atoms. The van der Waals surface area contributed by atoms with Crippen LogP contribution in [0, 0.1) is 6.92 Å². The molecule has 3 aromatic rings. The highest BCUT2D eigenvalue weighted by atomic mass is 32.1. The van der Waals surface area contributed by atoms with E-state index < -0.39 is 0 Å². The van der Waals surface area contributed by atoms with Crippen LogP contribution in [0.1, 0.15) is 36.7 Å². The van der Waals surface area contributed by atoms with E-state index in [4.69, 9.17) is 0 Å². The van der Waals surface area contributed by atoms with E-state index >= 15 is 0 Å². The monoisotopic (exact) mass is 278 g/mol. The Kier molecular flexibility index (Phi) is 2.24. The molecule has 0 saturated heterocycles. The minimum absolute atomic E-state index is 0.0317. The summed E-state index contributed by atoms with van der Waals surface area (Å²) in [6, 6.07) is 12.9. The first kappa shape index (κ1) is 11.6. The fourth-order valence-corrected chi connectivity index (χ4v) is 4.00. The van der Waals surface area contributed by atoms with Gasteiger partial charge in [-0.25, -0.2) is 0 Å². The van der Waals surface area contributed by atoms with E-state index in [0.29, 0.717) is 21.6 Å². The minimum Gasteiger partial charge on any atom is -0.289 e. The molecule has 1 aromatic heterocycles. The summed E-state index contributed by atoms with van der Waals surface area (Å²) in [7, 11) is 0. The second-order valence-corrected chi connectivity index (χ2v) is 5.98. The molecule has 0 amide bonds. The summed E-state index contributed by atoms with van der Waals surface area (Å²) in [5, 5.41) is 0.901. The van der Waals surface area contributed by atoms with Crippen molar-refractivity contribution < 1.29 is 9.59 Å². The number of aryl methyl sites for hydroxylation is 1. The number of rotatable bonds is 0. The number of carbonyl (C=O) groups excluding carboxylic acids is 2. The molecule has 0 radical (unpaired) electrons. The Morgan fingerprint density at radius 3 is 2.30 bits per heavy atom. The number of thiophene rings is 1. The van der Waals surface area contributed by atoms with E-state index in [1.54, 1.807) is 24.3 Å². The Hall–Kier alpha value is -2.26. The van der Waals surface area contributed by atoms with Crippen LogP contribution in [0.3, 0.4) is 0 Å². The van der Waals surface area contributed by atoms with E-state index in [2.05, 4.69) is 0 Å². The Morgan fingerprint density at radius 2 is 1.55 bits per heavy atom. The van der Waals surface area contributed by atoms with Gasteiger partial charge in [0.25, 0.3) is 0 Å². The van der Waals surface area contributed by atoms with E-state index in [9.17, 15) is 9.59 Å². The van der Waals surface area contributed by atoms with Crippen molar-refractivity contribution in [2.75, 3.05) is 0 Å². The molecule has 0 bridgehead atoms. The third-order valence-electron chi connectivity index (χ3n) is 3.76. The average Bonchev–Trinajstić information content (AvgIpc) is 2.86. The molecule has 0 saturated carbocycles. The van der Waals surface area contributed by atoms with Crippen molar-refractivity contribution in [2.24, 2.45) is 0 Å². The second kappa shape index (κ2) is 3.87. The maximum absolute atomic E-state index is 12.7. The number of fused-ring (bicyclic) bond motifs is 4. The Morgan fingerprint density at radius 1 is 0.850 bits per heavy atom. The predicted molar refractivity (Wildman–Crippen MR) is 79.9 cm³/mol. The number of ketones is 2. The zero-order chi connectivity index (χ0) is 13.9. The molecule has 1 aliphatic rings. The van der Waals surface area contributed by atoms with Gasteiger partial charge < -0.3 is 0 Å². The molecule has 1 heterocycles. The van der Waals surface area contributed by atoms with Gasteiger partial charge in [0.2, 0.25) is 5.78 Å². The lowest BCUT2D eigenvalue weighted by Crippen LogP contribution is -2.18. The molecule has 2 nitrogen and oxygen atoms in total. The fourth-order valence-electron chi connectivity index (χ4n) is 2.78. The molecule has 1 aliphatic carbocycles. The summed E-state index contributed by atoms with van der Waals surface area (Å²) >= 11 is 1.43. The number of benzene rings is 2. The second-order valence-electron chi connectivity index (χ2n) is 4.96. The SMILES string of the molecule is Cc1cccc2c3c(sc12)C(=O)c1ccccc1C3=O. The fraction of sp³-hybridized carbons (Fsp3) is 0.0588. The summed E-state index contributed by atoms with van der Waals surface area (Å²) in [6.07, 6.45) is 0. The van der Waals surface area contributed by atoms with Crippen molar-refractivity contribution in [1.82, 2.24) is 0 Å². The quantitative estimate of drug-likeness (QED) is 0.487. The van der Waals surface area contributed by atoms with Crippen LogP contribution < -0.4 is 0 Å². The van der Waals surface area contributed by atoms with Crippen molar-refractivity contribution in [3.8, 4) is 0 Å². The lowest BCUT2D eigenvalue weighted by atomic mass is 9.87. The van der Waals surface area contributed by atoms with Crippen LogP contribution in [0.4, 0.5) is 0 Å². The molecule has 0 unspecified atom stereocenters. The largest absolute Gasteiger partial charge is 0.289 e. The van der Waals surface area contributed by atoms with Gasteiger partial charge in [0.15, 0.2) is 5.78 Å². The highest BCUT2D eigenvalue weighted by Crippen LogP contribution is 2.39. The van der Waals surface area contributed by atoms with Crippen LogP contribution in [0.5, 0.6) is 0 Å². The van der Waals surface area contributed by atoms with E-state index in [1.807, 2.05) is 25.1 Å². The van der Waals surface area contributed by atoms with Crippen molar-refractivity contribution in [3.63, 3.8) is 0 Å². The zero-order valence-electron chi connectivity index (χ0n) is 10.8. The van der Waals surface area contributed by atoms with Crippen LogP contribution in [0.15, 0.2) is 42.5 Å². The van der Waals surface area contributed by atoms with E-state index in [1.165, 1.54) is 11.3 Å². The van der Waals surface area contributed by atoms with Crippen LogP contribution >= 0.6 is 11.3 Å². The Balaban J connectivity index is 2.14. The summed E-state index contributed by atoms with van der Waals surface area (Å²) < 4.78 is 1.03. The average molecular weight is 278 g/mol. The normalized spacial score (nSPS) is 13.4. The molecule has 0 aliphatic heterocycles. The molecule has 3 heteroatoms. The molecular formula is C17H10O2S. The van der Waals surface area contributed by atoms with Crippen LogP contribution in [0.25, 0.3) is 10.1 Å². The molecule has 2 aromatic carbocycles. The topological polar surface area (TPSA) is 34.1 Å². The summed E-state index contributed by atoms with van der Waals surface area (Å²) in [5.74, 6) is -0.0668. The van der Waals surface area contributed by atoms with Gasteiger partial charge in [-0.3, -0.25) is 9.59 Å². The lowest BCUT2D eigenvalue weighted by molar-refractivity contribution is 0.0983. The van der Waals surface area contributed by atoms with Gasteiger partial charge in [0.05, 0.1) is 10.4 Å². The molecular weight excluding hydrogens is 268 g/mol. The first-order chi connectivity index (χ1) is 9.68. The van der Waals surface area contributed by atoms with Crippen molar-refractivity contribution in [2.45, 2.75) is 6.92 Å². The third kappa shape index (κ3) is 1.33. The number of carbonyl (C=O) groups is 2. The Bertz CT molecular complexity index is 902. The van der Waals surface area contributed by atoms with Gasteiger partial charge in [-0.05, 0) is 12.5 Å². The Labute approximate surface area is 119 Å². The predicted octanol–water partition coefficient (Wildman–Crippen LogP) is 3.99. The minimum atomic E-state index is -0.0351. The van der Waals surface area contributed by atoms with Crippen molar-refractivity contribution in [3.05, 3.63) is 69.6 Å². The van der Waals surface area contributed by atoms with Crippen LogP contribution in [0.2, 0.25) is 0 Å². The molecule has 0 spiro atoms.